The smallest absolute Gasteiger partial charge is 0.321 e. The Morgan fingerprint density at radius 2 is 2.00 bits per heavy atom. The second-order valence-corrected chi connectivity index (χ2v) is 5.46. The third-order valence-corrected chi connectivity index (χ3v) is 3.72. The Bertz CT molecular complexity index is 629. The molecule has 0 saturated carbocycles. The fourth-order valence-electron chi connectivity index (χ4n) is 1.56. The minimum Gasteiger partial charge on any atom is -0.341 e. The van der Waals surface area contributed by atoms with Crippen molar-refractivity contribution in [2.45, 2.75) is 17.3 Å². The number of nitrogens with zero attached hydrogens (tertiary/aromatic N) is 3. The molecule has 110 valence electrons. The van der Waals surface area contributed by atoms with Crippen molar-refractivity contribution in [3.63, 3.8) is 0 Å². The lowest BCUT2D eigenvalue weighted by molar-refractivity contribution is -0.119. The zero-order valence-corrected chi connectivity index (χ0v) is 12.4. The second-order valence-electron chi connectivity index (χ2n) is 4.15. The van der Waals surface area contributed by atoms with E-state index >= 15 is 0 Å². The van der Waals surface area contributed by atoms with Crippen LogP contribution in [-0.4, -0.2) is 39.0 Å². The number of carbonyl (C=O) groups is 2. The number of thioether (sulfide) groups is 1. The van der Waals surface area contributed by atoms with Gasteiger partial charge in [-0.15, -0.1) is 10.2 Å². The molecule has 2 aromatic rings. The number of imide groups is 1. The number of urea groups is 1. The largest absolute Gasteiger partial charge is 0.341 e. The van der Waals surface area contributed by atoms with Crippen LogP contribution in [0.15, 0.2) is 41.8 Å². The first-order valence-electron chi connectivity index (χ1n) is 6.26. The zero-order valence-electron chi connectivity index (χ0n) is 11.6. The molecule has 0 fully saturated rings. The monoisotopic (exact) mass is 305 g/mol. The molecule has 8 heteroatoms. The van der Waals surface area contributed by atoms with Crippen molar-refractivity contribution in [3.8, 4) is 5.69 Å². The van der Waals surface area contributed by atoms with Gasteiger partial charge in [-0.3, -0.25) is 14.7 Å². The summed E-state index contributed by atoms with van der Waals surface area (Å²) in [5, 5.41) is 12.6. The van der Waals surface area contributed by atoms with Crippen LogP contribution in [0.1, 0.15) is 6.92 Å². The molecule has 0 saturated heterocycles. The number of amides is 3. The number of hydrogen-bond acceptors (Lipinski definition) is 5. The molecule has 1 aromatic carbocycles. The summed E-state index contributed by atoms with van der Waals surface area (Å²) in [6.07, 6.45) is 1.58. The predicted molar refractivity (Wildman–Crippen MR) is 79.3 cm³/mol. The fourth-order valence-corrected chi connectivity index (χ4v) is 2.40. The van der Waals surface area contributed by atoms with E-state index in [1.165, 1.54) is 18.8 Å². The Kier molecular flexibility index (Phi) is 4.94. The van der Waals surface area contributed by atoms with Gasteiger partial charge in [0.1, 0.15) is 6.33 Å². The lowest BCUT2D eigenvalue weighted by atomic mass is 10.3. The molecule has 0 aliphatic carbocycles. The molecular weight excluding hydrogens is 290 g/mol. The van der Waals surface area contributed by atoms with E-state index in [1.807, 2.05) is 30.3 Å². The van der Waals surface area contributed by atoms with E-state index in [2.05, 4.69) is 20.8 Å². The molecule has 0 aliphatic rings. The molecule has 0 aliphatic heterocycles. The van der Waals surface area contributed by atoms with E-state index in [1.54, 1.807) is 17.8 Å². The predicted octanol–water partition coefficient (Wildman–Crippen LogP) is 1.20. The van der Waals surface area contributed by atoms with Crippen molar-refractivity contribution in [2.24, 2.45) is 0 Å². The molecule has 3 amide bonds. The number of para-hydroxylation sites is 1. The van der Waals surface area contributed by atoms with E-state index in [4.69, 9.17) is 0 Å². The van der Waals surface area contributed by atoms with E-state index in [-0.39, 0.29) is 5.91 Å². The van der Waals surface area contributed by atoms with Gasteiger partial charge in [-0.2, -0.15) is 0 Å². The van der Waals surface area contributed by atoms with Crippen LogP contribution in [0.4, 0.5) is 4.79 Å². The second kappa shape index (κ2) is 6.89. The summed E-state index contributed by atoms with van der Waals surface area (Å²) in [7, 11) is 1.45. The van der Waals surface area contributed by atoms with Gasteiger partial charge in [0.2, 0.25) is 5.91 Å². The van der Waals surface area contributed by atoms with Gasteiger partial charge in [-0.05, 0) is 19.1 Å². The standard InChI is InChI=1S/C13H15N5O2S/c1-9(11(19)16-12(20)14-2)21-13-17-15-8-18(13)10-6-4-3-5-7-10/h3-9H,1-2H3,(H2,14,16,19,20)/t9-/m0/s1. The number of hydrogen-bond donors (Lipinski definition) is 2. The molecule has 1 atom stereocenters. The van der Waals surface area contributed by atoms with Crippen LogP contribution in [0.2, 0.25) is 0 Å². The lowest BCUT2D eigenvalue weighted by Gasteiger charge is -2.11. The van der Waals surface area contributed by atoms with E-state index in [0.29, 0.717) is 5.16 Å². The molecule has 1 heterocycles. The number of rotatable bonds is 4. The highest BCUT2D eigenvalue weighted by Crippen LogP contribution is 2.23. The minimum atomic E-state index is -0.531. The van der Waals surface area contributed by atoms with Gasteiger partial charge in [0, 0.05) is 12.7 Å². The van der Waals surface area contributed by atoms with Crippen molar-refractivity contribution in [3.05, 3.63) is 36.7 Å². The summed E-state index contributed by atoms with van der Waals surface area (Å²) in [5.41, 5.74) is 0.906. The molecule has 1 aromatic heterocycles. The Hall–Kier alpha value is -2.35. The average molecular weight is 305 g/mol. The van der Waals surface area contributed by atoms with Crippen molar-refractivity contribution < 1.29 is 9.59 Å². The van der Waals surface area contributed by atoms with Crippen molar-refractivity contribution in [1.29, 1.82) is 0 Å². The average Bonchev–Trinajstić information content (AvgIpc) is 2.96. The highest BCUT2D eigenvalue weighted by molar-refractivity contribution is 8.00. The van der Waals surface area contributed by atoms with Crippen LogP contribution in [-0.2, 0) is 4.79 Å². The molecule has 0 unspecified atom stereocenters. The normalized spacial score (nSPS) is 11.7. The first-order chi connectivity index (χ1) is 10.1. The number of carbonyl (C=O) groups excluding carboxylic acids is 2. The Morgan fingerprint density at radius 1 is 1.29 bits per heavy atom. The Labute approximate surface area is 126 Å². The Morgan fingerprint density at radius 3 is 2.67 bits per heavy atom. The van der Waals surface area contributed by atoms with Crippen molar-refractivity contribution >= 4 is 23.7 Å². The summed E-state index contributed by atoms with van der Waals surface area (Å²) in [6.45, 7) is 1.70. The van der Waals surface area contributed by atoms with E-state index in [9.17, 15) is 9.59 Å². The minimum absolute atomic E-state index is 0.387. The van der Waals surface area contributed by atoms with Crippen LogP contribution in [0, 0.1) is 0 Å². The molecular formula is C13H15N5O2S. The Balaban J connectivity index is 2.09. The lowest BCUT2D eigenvalue weighted by Crippen LogP contribution is -2.41. The van der Waals surface area contributed by atoms with E-state index < -0.39 is 11.3 Å². The highest BCUT2D eigenvalue weighted by atomic mass is 32.2. The van der Waals surface area contributed by atoms with Gasteiger partial charge in [0.25, 0.3) is 0 Å². The van der Waals surface area contributed by atoms with Gasteiger partial charge >= 0.3 is 6.03 Å². The van der Waals surface area contributed by atoms with Crippen LogP contribution in [0.5, 0.6) is 0 Å². The third-order valence-electron chi connectivity index (χ3n) is 2.67. The maximum Gasteiger partial charge on any atom is 0.321 e. The topological polar surface area (TPSA) is 88.9 Å². The molecule has 2 rings (SSSR count). The molecule has 0 spiro atoms. The SMILES string of the molecule is CNC(=O)NC(=O)[C@H](C)Sc1nncn1-c1ccccc1. The molecule has 7 nitrogen and oxygen atoms in total. The molecule has 0 radical (unpaired) electrons. The van der Waals surface area contributed by atoms with Crippen LogP contribution >= 0.6 is 11.8 Å². The third kappa shape index (κ3) is 3.82. The fraction of sp³-hybridized carbons (Fsp3) is 0.231. The van der Waals surface area contributed by atoms with Gasteiger partial charge in [-0.25, -0.2) is 4.79 Å². The maximum atomic E-state index is 11.8. The number of aromatic nitrogens is 3. The summed E-state index contributed by atoms with van der Waals surface area (Å²) in [4.78, 5) is 23.0. The summed E-state index contributed by atoms with van der Waals surface area (Å²) >= 11 is 1.23. The van der Waals surface area contributed by atoms with Gasteiger partial charge in [0.15, 0.2) is 5.16 Å². The van der Waals surface area contributed by atoms with Crippen LogP contribution in [0.3, 0.4) is 0 Å². The van der Waals surface area contributed by atoms with Crippen molar-refractivity contribution in [2.75, 3.05) is 7.05 Å². The highest BCUT2D eigenvalue weighted by Gasteiger charge is 2.19. The van der Waals surface area contributed by atoms with E-state index in [0.717, 1.165) is 5.69 Å². The zero-order chi connectivity index (χ0) is 15.2. The first-order valence-corrected chi connectivity index (χ1v) is 7.14. The first kappa shape index (κ1) is 15.0. The molecule has 2 N–H and O–H groups in total. The number of nitrogens with one attached hydrogen (secondary N) is 2. The summed E-state index contributed by atoms with van der Waals surface area (Å²) < 4.78 is 1.79. The summed E-state index contributed by atoms with van der Waals surface area (Å²) in [6, 6.07) is 9.04. The quantitative estimate of drug-likeness (QED) is 0.829. The molecule has 21 heavy (non-hydrogen) atoms. The van der Waals surface area contributed by atoms with Crippen LogP contribution < -0.4 is 10.6 Å². The van der Waals surface area contributed by atoms with Gasteiger partial charge in [-0.1, -0.05) is 30.0 Å². The van der Waals surface area contributed by atoms with Crippen molar-refractivity contribution in [1.82, 2.24) is 25.4 Å². The number of benzene rings is 1. The van der Waals surface area contributed by atoms with Gasteiger partial charge in [0.05, 0.1) is 5.25 Å². The molecule has 0 bridgehead atoms. The van der Waals surface area contributed by atoms with Gasteiger partial charge < -0.3 is 5.32 Å². The van der Waals surface area contributed by atoms with Crippen LogP contribution in [0.25, 0.3) is 5.69 Å². The maximum absolute atomic E-state index is 11.8. The summed E-state index contributed by atoms with van der Waals surface area (Å²) in [5.74, 6) is -0.387.